The average molecular weight is 387 g/mol. The molecule has 0 radical (unpaired) electrons. The first-order chi connectivity index (χ1) is 13.0. The van der Waals surface area contributed by atoms with E-state index in [0.717, 1.165) is 10.5 Å². The minimum atomic E-state index is -0.468. The molecule has 0 aliphatic carbocycles. The second kappa shape index (κ2) is 8.14. The van der Waals surface area contributed by atoms with E-state index in [1.807, 2.05) is 37.3 Å². The quantitative estimate of drug-likeness (QED) is 0.605. The van der Waals surface area contributed by atoms with Gasteiger partial charge in [-0.2, -0.15) is 0 Å². The first-order valence-electron chi connectivity index (χ1n) is 8.42. The molecule has 3 amide bonds. The standard InChI is InChI=1S/C20H19ClN2O4/c1-3-27-18-11-15(21)14(10-17(18)26-2)9-16-19(24)23(20(25)22-16)12-13-7-5-4-6-8-13/h4-11H,3,12H2,1-2H3,(H,22,25)/b16-9+. The van der Waals surface area contributed by atoms with Crippen molar-refractivity contribution in [3.63, 3.8) is 0 Å². The van der Waals surface area contributed by atoms with Gasteiger partial charge in [0.2, 0.25) is 0 Å². The number of imide groups is 1. The highest BCUT2D eigenvalue weighted by Gasteiger charge is 2.33. The summed E-state index contributed by atoms with van der Waals surface area (Å²) in [6, 6.07) is 12.1. The van der Waals surface area contributed by atoms with E-state index in [0.29, 0.717) is 28.7 Å². The number of methoxy groups -OCH3 is 1. The third-order valence-electron chi connectivity index (χ3n) is 4.03. The molecule has 0 bridgehead atoms. The third-order valence-corrected chi connectivity index (χ3v) is 4.36. The van der Waals surface area contributed by atoms with E-state index in [4.69, 9.17) is 21.1 Å². The van der Waals surface area contributed by atoms with E-state index in [1.54, 1.807) is 12.1 Å². The van der Waals surface area contributed by atoms with Gasteiger partial charge in [0, 0.05) is 6.07 Å². The van der Waals surface area contributed by atoms with Gasteiger partial charge in [0.1, 0.15) is 5.70 Å². The summed E-state index contributed by atoms with van der Waals surface area (Å²) in [5.41, 5.74) is 1.56. The van der Waals surface area contributed by atoms with Gasteiger partial charge in [-0.1, -0.05) is 41.9 Å². The van der Waals surface area contributed by atoms with Crippen molar-refractivity contribution in [2.24, 2.45) is 0 Å². The van der Waals surface area contributed by atoms with E-state index in [9.17, 15) is 9.59 Å². The Bertz CT molecular complexity index is 896. The molecular weight excluding hydrogens is 368 g/mol. The molecule has 6 nitrogen and oxygen atoms in total. The van der Waals surface area contributed by atoms with Crippen LogP contribution in [0.25, 0.3) is 6.08 Å². The van der Waals surface area contributed by atoms with Crippen LogP contribution in [0.3, 0.4) is 0 Å². The normalized spacial score (nSPS) is 15.2. The van der Waals surface area contributed by atoms with Crippen LogP contribution < -0.4 is 14.8 Å². The molecule has 140 valence electrons. The average Bonchev–Trinajstić information content (AvgIpc) is 2.92. The monoisotopic (exact) mass is 386 g/mol. The summed E-state index contributed by atoms with van der Waals surface area (Å²) in [6.07, 6.45) is 1.53. The minimum Gasteiger partial charge on any atom is -0.493 e. The lowest BCUT2D eigenvalue weighted by molar-refractivity contribution is -0.123. The number of amides is 3. The number of ether oxygens (including phenoxy) is 2. The molecule has 0 aromatic heterocycles. The molecule has 1 aliphatic heterocycles. The van der Waals surface area contributed by atoms with Crippen molar-refractivity contribution in [3.05, 3.63) is 64.3 Å². The fourth-order valence-corrected chi connectivity index (χ4v) is 2.93. The van der Waals surface area contributed by atoms with Crippen molar-refractivity contribution >= 4 is 29.6 Å². The van der Waals surface area contributed by atoms with Crippen molar-refractivity contribution in [2.75, 3.05) is 13.7 Å². The largest absolute Gasteiger partial charge is 0.493 e. The van der Waals surface area contributed by atoms with E-state index in [2.05, 4.69) is 5.32 Å². The number of nitrogens with zero attached hydrogens (tertiary/aromatic N) is 1. The second-order valence-corrected chi connectivity index (χ2v) is 6.23. The first-order valence-corrected chi connectivity index (χ1v) is 8.80. The smallest absolute Gasteiger partial charge is 0.329 e. The number of hydrogen-bond acceptors (Lipinski definition) is 4. The van der Waals surface area contributed by atoms with Crippen LogP contribution in [0.5, 0.6) is 11.5 Å². The predicted molar refractivity (Wildman–Crippen MR) is 103 cm³/mol. The lowest BCUT2D eigenvalue weighted by Crippen LogP contribution is -2.30. The summed E-state index contributed by atoms with van der Waals surface area (Å²) in [4.78, 5) is 26.0. The van der Waals surface area contributed by atoms with Crippen LogP contribution in [-0.2, 0) is 11.3 Å². The van der Waals surface area contributed by atoms with E-state index in [-0.39, 0.29) is 12.2 Å². The summed E-state index contributed by atoms with van der Waals surface area (Å²) < 4.78 is 10.8. The molecule has 1 heterocycles. The molecule has 1 aliphatic rings. The topological polar surface area (TPSA) is 67.9 Å². The second-order valence-electron chi connectivity index (χ2n) is 5.82. The van der Waals surface area contributed by atoms with Crippen molar-refractivity contribution in [1.82, 2.24) is 10.2 Å². The van der Waals surface area contributed by atoms with Gasteiger partial charge in [-0.25, -0.2) is 4.79 Å². The zero-order valence-electron chi connectivity index (χ0n) is 15.0. The summed E-state index contributed by atoms with van der Waals surface area (Å²) in [6.45, 7) is 2.52. The maximum atomic E-state index is 12.6. The van der Waals surface area contributed by atoms with E-state index >= 15 is 0 Å². The Morgan fingerprint density at radius 1 is 1.15 bits per heavy atom. The van der Waals surface area contributed by atoms with Crippen LogP contribution in [0, 0.1) is 0 Å². The Balaban J connectivity index is 1.87. The Morgan fingerprint density at radius 2 is 1.89 bits per heavy atom. The molecule has 0 unspecified atom stereocenters. The fraction of sp³-hybridized carbons (Fsp3) is 0.200. The van der Waals surface area contributed by atoms with Crippen LogP contribution in [-0.4, -0.2) is 30.6 Å². The van der Waals surface area contributed by atoms with Gasteiger partial charge in [0.05, 0.1) is 25.3 Å². The van der Waals surface area contributed by atoms with Gasteiger partial charge >= 0.3 is 6.03 Å². The Kier molecular flexibility index (Phi) is 5.66. The summed E-state index contributed by atoms with van der Waals surface area (Å²) in [5.74, 6) is 0.596. The maximum Gasteiger partial charge on any atom is 0.329 e. The van der Waals surface area contributed by atoms with E-state index in [1.165, 1.54) is 13.2 Å². The number of urea groups is 1. The van der Waals surface area contributed by atoms with Gasteiger partial charge in [-0.15, -0.1) is 0 Å². The molecule has 2 aromatic carbocycles. The highest BCUT2D eigenvalue weighted by Crippen LogP contribution is 2.34. The first kappa shape index (κ1) is 18.8. The van der Waals surface area contributed by atoms with Crippen molar-refractivity contribution in [1.29, 1.82) is 0 Å². The number of hydrogen-bond donors (Lipinski definition) is 1. The molecule has 1 saturated heterocycles. The fourth-order valence-electron chi connectivity index (χ4n) is 2.73. The van der Waals surface area contributed by atoms with Crippen LogP contribution in [0.1, 0.15) is 18.1 Å². The highest BCUT2D eigenvalue weighted by molar-refractivity contribution is 6.32. The minimum absolute atomic E-state index is 0.157. The van der Waals surface area contributed by atoms with Gasteiger partial charge in [0.25, 0.3) is 5.91 Å². The zero-order valence-corrected chi connectivity index (χ0v) is 15.7. The molecule has 1 fully saturated rings. The van der Waals surface area contributed by atoms with Gasteiger partial charge in [0.15, 0.2) is 11.5 Å². The number of rotatable bonds is 6. The van der Waals surface area contributed by atoms with Crippen molar-refractivity contribution < 1.29 is 19.1 Å². The number of carbonyl (C=O) groups is 2. The van der Waals surface area contributed by atoms with Crippen LogP contribution >= 0.6 is 11.6 Å². The molecule has 2 aromatic rings. The molecule has 0 atom stereocenters. The lowest BCUT2D eigenvalue weighted by Gasteiger charge is -2.12. The molecule has 0 spiro atoms. The summed E-state index contributed by atoms with van der Waals surface area (Å²) in [5, 5.41) is 2.98. The summed E-state index contributed by atoms with van der Waals surface area (Å²) in [7, 11) is 1.52. The molecular formula is C20H19ClN2O4. The number of carbonyl (C=O) groups excluding carboxylic acids is 2. The number of nitrogens with one attached hydrogen (secondary N) is 1. The molecule has 1 N–H and O–H groups in total. The number of halogens is 1. The van der Waals surface area contributed by atoms with Crippen molar-refractivity contribution in [3.8, 4) is 11.5 Å². The Hall–Kier alpha value is -2.99. The van der Waals surface area contributed by atoms with E-state index < -0.39 is 11.9 Å². The SMILES string of the molecule is CCOc1cc(Cl)c(/C=C2/NC(=O)N(Cc3ccccc3)C2=O)cc1OC. The summed E-state index contributed by atoms with van der Waals surface area (Å²) >= 11 is 6.31. The van der Waals surface area contributed by atoms with Crippen LogP contribution in [0.15, 0.2) is 48.2 Å². The Labute approximate surface area is 162 Å². The highest BCUT2D eigenvalue weighted by atomic mass is 35.5. The van der Waals surface area contributed by atoms with Crippen LogP contribution in [0.2, 0.25) is 5.02 Å². The van der Waals surface area contributed by atoms with Gasteiger partial charge in [-0.05, 0) is 30.2 Å². The Morgan fingerprint density at radius 3 is 2.56 bits per heavy atom. The van der Waals surface area contributed by atoms with Gasteiger partial charge in [-0.3, -0.25) is 9.69 Å². The molecule has 3 rings (SSSR count). The van der Waals surface area contributed by atoms with Crippen molar-refractivity contribution in [2.45, 2.75) is 13.5 Å². The lowest BCUT2D eigenvalue weighted by atomic mass is 10.1. The number of benzene rings is 2. The predicted octanol–water partition coefficient (Wildman–Crippen LogP) is 3.84. The molecule has 27 heavy (non-hydrogen) atoms. The zero-order chi connectivity index (χ0) is 19.4. The third kappa shape index (κ3) is 4.06. The van der Waals surface area contributed by atoms with Gasteiger partial charge < -0.3 is 14.8 Å². The molecule has 0 saturated carbocycles. The van der Waals surface area contributed by atoms with Crippen LogP contribution in [0.4, 0.5) is 4.79 Å². The molecule has 7 heteroatoms. The maximum absolute atomic E-state index is 12.6.